The molecule has 1 saturated heterocycles. The average molecular weight is 426 g/mol. The molecule has 0 aromatic heterocycles. The van der Waals surface area contributed by atoms with Crippen molar-refractivity contribution in [2.75, 3.05) is 0 Å². The minimum atomic E-state index is -1.70. The lowest BCUT2D eigenvalue weighted by Gasteiger charge is -2.47. The molecule has 0 spiro atoms. The van der Waals surface area contributed by atoms with Crippen LogP contribution in [0.1, 0.15) is 38.0 Å². The fourth-order valence-electron chi connectivity index (χ4n) is 3.90. The third-order valence-electron chi connectivity index (χ3n) is 4.96. The predicted octanol–water partition coefficient (Wildman–Crippen LogP) is 6.25. The molecule has 0 unspecified atom stereocenters. The number of imide groups is 1. The van der Waals surface area contributed by atoms with Crippen molar-refractivity contribution in [2.45, 2.75) is 32.4 Å². The zero-order valence-electron chi connectivity index (χ0n) is 15.4. The van der Waals surface area contributed by atoms with Crippen molar-refractivity contribution in [1.29, 1.82) is 0 Å². The van der Waals surface area contributed by atoms with E-state index in [2.05, 4.69) is 0 Å². The molecule has 1 N–H and O–H groups in total. The summed E-state index contributed by atoms with van der Waals surface area (Å²) < 4.78 is 20.6. The summed E-state index contributed by atoms with van der Waals surface area (Å²) >= 11 is 12.0. The quantitative estimate of drug-likeness (QED) is 0.617. The highest BCUT2D eigenvalue weighted by atomic mass is 35.5. The lowest BCUT2D eigenvalue weighted by molar-refractivity contribution is -0.00171. The summed E-state index contributed by atoms with van der Waals surface area (Å²) in [5.41, 5.74) is -2.22. The van der Waals surface area contributed by atoms with Crippen LogP contribution in [-0.4, -0.2) is 22.2 Å². The molecule has 2 atom stereocenters. The molecule has 0 bridgehead atoms. The third kappa shape index (κ3) is 3.01. The number of ether oxygens (including phenoxy) is 1. The van der Waals surface area contributed by atoms with Gasteiger partial charge in [0.2, 0.25) is 0 Å². The first-order chi connectivity index (χ1) is 13.0. The second-order valence-corrected chi connectivity index (χ2v) is 8.45. The van der Waals surface area contributed by atoms with Crippen molar-refractivity contribution < 1.29 is 23.8 Å². The lowest BCUT2D eigenvalue weighted by Crippen LogP contribution is -2.56. The van der Waals surface area contributed by atoms with E-state index in [1.807, 2.05) is 0 Å². The Hall–Kier alpha value is -2.31. The van der Waals surface area contributed by atoms with Crippen LogP contribution in [0.2, 0.25) is 10.0 Å². The van der Waals surface area contributed by atoms with Gasteiger partial charge in [0, 0.05) is 15.6 Å². The van der Waals surface area contributed by atoms with E-state index in [-0.39, 0.29) is 10.6 Å². The fraction of sp³-hybridized carbons (Fsp3) is 0.300. The van der Waals surface area contributed by atoms with E-state index in [4.69, 9.17) is 27.9 Å². The van der Waals surface area contributed by atoms with Gasteiger partial charge < -0.3 is 9.84 Å². The van der Waals surface area contributed by atoms with Crippen LogP contribution in [0.4, 0.5) is 14.0 Å². The van der Waals surface area contributed by atoms with Crippen LogP contribution < -0.4 is 0 Å². The van der Waals surface area contributed by atoms with Crippen molar-refractivity contribution in [3.05, 3.63) is 69.5 Å². The molecule has 0 aliphatic carbocycles. The molecule has 2 aromatic carbocycles. The summed E-state index contributed by atoms with van der Waals surface area (Å²) in [7, 11) is 0. The zero-order valence-corrected chi connectivity index (χ0v) is 16.9. The second kappa shape index (κ2) is 6.94. The maximum Gasteiger partial charge on any atom is 0.420 e. The Morgan fingerprint density at radius 3 is 2.36 bits per heavy atom. The Morgan fingerprint density at radius 2 is 1.82 bits per heavy atom. The Morgan fingerprint density at radius 1 is 1.18 bits per heavy atom. The monoisotopic (exact) mass is 425 g/mol. The Balaban J connectivity index is 2.41. The number of hydrogen-bond acceptors (Lipinski definition) is 3. The largest absolute Gasteiger partial charge is 0.464 e. The van der Waals surface area contributed by atoms with Crippen LogP contribution in [-0.2, 0) is 10.3 Å². The summed E-state index contributed by atoms with van der Waals surface area (Å²) in [6, 6.07) is 10.4. The first kappa shape index (κ1) is 20.4. The maximum atomic E-state index is 15.1. The van der Waals surface area contributed by atoms with E-state index in [1.54, 1.807) is 45.0 Å². The van der Waals surface area contributed by atoms with E-state index in [0.717, 1.165) is 6.07 Å². The molecule has 8 heteroatoms. The van der Waals surface area contributed by atoms with Gasteiger partial charge in [-0.1, -0.05) is 62.2 Å². The van der Waals surface area contributed by atoms with E-state index in [9.17, 15) is 14.7 Å². The van der Waals surface area contributed by atoms with Crippen LogP contribution in [0.3, 0.4) is 0 Å². The number of carbonyl (C=O) groups is 2. The van der Waals surface area contributed by atoms with Crippen LogP contribution in [0, 0.1) is 11.2 Å². The van der Waals surface area contributed by atoms with Crippen molar-refractivity contribution in [1.82, 2.24) is 4.90 Å². The SMILES string of the molecule is CC(C)(C)[C@@]1(c2ccc(Cl)cc2F)[C@@H](c2cccc(Cl)c2)OC(=O)N1C(=O)O. The molecule has 148 valence electrons. The highest BCUT2D eigenvalue weighted by Crippen LogP contribution is 2.58. The van der Waals surface area contributed by atoms with Crippen molar-refractivity contribution >= 4 is 35.4 Å². The molecule has 0 saturated carbocycles. The van der Waals surface area contributed by atoms with Gasteiger partial charge in [-0.2, -0.15) is 4.90 Å². The van der Waals surface area contributed by atoms with Crippen molar-refractivity contribution in [3.63, 3.8) is 0 Å². The number of halogens is 3. The number of hydrogen-bond donors (Lipinski definition) is 1. The van der Waals surface area contributed by atoms with Crippen LogP contribution >= 0.6 is 23.2 Å². The first-order valence-electron chi connectivity index (χ1n) is 8.45. The van der Waals surface area contributed by atoms with E-state index in [1.165, 1.54) is 12.1 Å². The lowest BCUT2D eigenvalue weighted by atomic mass is 9.64. The minimum Gasteiger partial charge on any atom is -0.464 e. The van der Waals surface area contributed by atoms with Gasteiger partial charge in [0.1, 0.15) is 11.4 Å². The van der Waals surface area contributed by atoms with Gasteiger partial charge in [-0.3, -0.25) is 0 Å². The average Bonchev–Trinajstić information content (AvgIpc) is 2.89. The number of nitrogens with zero attached hydrogens (tertiary/aromatic N) is 1. The fourth-order valence-corrected chi connectivity index (χ4v) is 4.26. The normalized spacial score (nSPS) is 22.3. The van der Waals surface area contributed by atoms with E-state index >= 15 is 4.39 Å². The molecular formula is C20H18Cl2FNO4. The number of amides is 2. The molecule has 2 aromatic rings. The number of cyclic esters (lactones) is 1. The molecule has 0 radical (unpaired) electrons. The summed E-state index contributed by atoms with van der Waals surface area (Å²) in [5.74, 6) is -0.737. The van der Waals surface area contributed by atoms with Crippen molar-refractivity contribution in [3.8, 4) is 0 Å². The molecule has 2 amide bonds. The van der Waals surface area contributed by atoms with Gasteiger partial charge in [0.15, 0.2) is 6.10 Å². The molecular weight excluding hydrogens is 408 g/mol. The van der Waals surface area contributed by atoms with Gasteiger partial charge in [-0.15, -0.1) is 0 Å². The van der Waals surface area contributed by atoms with E-state index < -0.39 is 35.1 Å². The van der Waals surface area contributed by atoms with Crippen LogP contribution in [0.25, 0.3) is 0 Å². The smallest absolute Gasteiger partial charge is 0.420 e. The Labute approximate surface area is 171 Å². The summed E-state index contributed by atoms with van der Waals surface area (Å²) in [5, 5.41) is 10.4. The van der Waals surface area contributed by atoms with Crippen LogP contribution in [0.15, 0.2) is 42.5 Å². The van der Waals surface area contributed by atoms with Gasteiger partial charge in [-0.25, -0.2) is 14.0 Å². The summed E-state index contributed by atoms with van der Waals surface area (Å²) in [4.78, 5) is 25.3. The maximum absolute atomic E-state index is 15.1. The Kier molecular flexibility index (Phi) is 5.06. The van der Waals surface area contributed by atoms with Gasteiger partial charge >= 0.3 is 12.2 Å². The van der Waals surface area contributed by atoms with Crippen LogP contribution in [0.5, 0.6) is 0 Å². The van der Waals surface area contributed by atoms with Crippen molar-refractivity contribution in [2.24, 2.45) is 5.41 Å². The minimum absolute atomic E-state index is 0.0115. The third-order valence-corrected chi connectivity index (χ3v) is 5.43. The summed E-state index contributed by atoms with van der Waals surface area (Å²) in [6.45, 7) is 5.16. The zero-order chi connectivity index (χ0) is 20.9. The summed E-state index contributed by atoms with van der Waals surface area (Å²) in [6.07, 6.45) is -3.74. The second-order valence-electron chi connectivity index (χ2n) is 7.58. The number of carbonyl (C=O) groups excluding carboxylic acids is 1. The number of benzene rings is 2. The molecule has 1 heterocycles. The highest BCUT2D eigenvalue weighted by molar-refractivity contribution is 6.30. The standard InChI is InChI=1S/C20H18Cl2FNO4/c1-19(2,3)20(14-8-7-13(22)10-15(14)23)16(11-5-4-6-12(21)9-11)28-18(27)24(20)17(25)26/h4-10,16H,1-3H3,(H,25,26)/t16-,20-/m1/s1. The molecule has 1 aliphatic heterocycles. The Bertz CT molecular complexity index is 959. The molecule has 5 nitrogen and oxygen atoms in total. The predicted molar refractivity (Wildman–Crippen MR) is 103 cm³/mol. The highest BCUT2D eigenvalue weighted by Gasteiger charge is 2.66. The molecule has 1 fully saturated rings. The number of rotatable bonds is 2. The first-order valence-corrected chi connectivity index (χ1v) is 9.20. The van der Waals surface area contributed by atoms with Gasteiger partial charge in [-0.05, 0) is 35.2 Å². The van der Waals surface area contributed by atoms with E-state index in [0.29, 0.717) is 15.5 Å². The molecule has 3 rings (SSSR count). The van der Waals surface area contributed by atoms with Gasteiger partial charge in [0.05, 0.1) is 0 Å². The topological polar surface area (TPSA) is 66.8 Å². The molecule has 1 aliphatic rings. The number of carboxylic acid groups (broad SMARTS) is 1. The van der Waals surface area contributed by atoms with Gasteiger partial charge in [0.25, 0.3) is 0 Å². The molecule has 28 heavy (non-hydrogen) atoms.